The van der Waals surface area contributed by atoms with Crippen LogP contribution in [0.15, 0.2) is 69.0 Å². The third kappa shape index (κ3) is 5.70. The van der Waals surface area contributed by atoms with Gasteiger partial charge in [-0.3, -0.25) is 14.9 Å². The van der Waals surface area contributed by atoms with Crippen molar-refractivity contribution in [2.45, 2.75) is 20.5 Å². The summed E-state index contributed by atoms with van der Waals surface area (Å²) in [6.07, 6.45) is 1.30. The summed E-state index contributed by atoms with van der Waals surface area (Å²) in [6, 6.07) is 14.0. The van der Waals surface area contributed by atoms with Crippen LogP contribution >= 0.6 is 15.9 Å². The number of carboxylic acid groups (broad SMARTS) is 1. The van der Waals surface area contributed by atoms with Gasteiger partial charge in [-0.05, 0) is 55.8 Å². The molecule has 0 spiro atoms. The van der Waals surface area contributed by atoms with Crippen molar-refractivity contribution in [1.29, 1.82) is 0 Å². The van der Waals surface area contributed by atoms with Crippen molar-refractivity contribution < 1.29 is 24.3 Å². The number of carbonyl (C=O) groups is 1. The van der Waals surface area contributed by atoms with Crippen LogP contribution in [0.4, 0.5) is 5.69 Å². The van der Waals surface area contributed by atoms with Gasteiger partial charge in [-0.25, -0.2) is 9.78 Å². The zero-order valence-corrected chi connectivity index (χ0v) is 21.8. The predicted molar refractivity (Wildman–Crippen MR) is 143 cm³/mol. The number of benzene rings is 3. The van der Waals surface area contributed by atoms with Gasteiger partial charge in [-0.15, -0.1) is 0 Å². The standard InChI is InChI=1S/C26H21BrN4O7/c1-3-37-23-11-17(13-28-30-15(2)29-21-8-7-19(27)12-20(21)25(30)32)10-22(31(35)36)24(23)38-14-16-5-4-6-18(9-16)26(33)34/h4-13H,3,14H2,1-2H3,(H,33,34). The van der Waals surface area contributed by atoms with Crippen LogP contribution in [0.1, 0.15) is 34.2 Å². The molecular formula is C26H21BrN4O7. The van der Waals surface area contributed by atoms with Crippen LogP contribution in [-0.2, 0) is 6.61 Å². The van der Waals surface area contributed by atoms with Gasteiger partial charge in [-0.1, -0.05) is 28.1 Å². The molecule has 0 saturated carbocycles. The van der Waals surface area contributed by atoms with Gasteiger partial charge in [0.05, 0.1) is 34.2 Å². The zero-order chi connectivity index (χ0) is 27.4. The van der Waals surface area contributed by atoms with E-state index < -0.39 is 16.5 Å². The largest absolute Gasteiger partial charge is 0.490 e. The molecule has 0 aliphatic heterocycles. The molecule has 194 valence electrons. The molecule has 0 amide bonds. The van der Waals surface area contributed by atoms with E-state index in [9.17, 15) is 24.8 Å². The summed E-state index contributed by atoms with van der Waals surface area (Å²) in [6.45, 7) is 3.42. The molecule has 38 heavy (non-hydrogen) atoms. The highest BCUT2D eigenvalue weighted by molar-refractivity contribution is 9.10. The summed E-state index contributed by atoms with van der Waals surface area (Å²) >= 11 is 3.34. The van der Waals surface area contributed by atoms with E-state index in [2.05, 4.69) is 26.0 Å². The molecule has 0 aliphatic carbocycles. The van der Waals surface area contributed by atoms with Crippen LogP contribution in [-0.4, -0.2) is 38.5 Å². The number of hydrogen-bond acceptors (Lipinski definition) is 8. The number of aromatic nitrogens is 2. The van der Waals surface area contributed by atoms with Crippen molar-refractivity contribution in [2.75, 3.05) is 6.61 Å². The highest BCUT2D eigenvalue weighted by atomic mass is 79.9. The van der Waals surface area contributed by atoms with Gasteiger partial charge < -0.3 is 14.6 Å². The Morgan fingerprint density at radius 2 is 2.00 bits per heavy atom. The van der Waals surface area contributed by atoms with Gasteiger partial charge >= 0.3 is 11.7 Å². The van der Waals surface area contributed by atoms with E-state index in [4.69, 9.17) is 9.47 Å². The first-order valence-corrected chi connectivity index (χ1v) is 12.1. The molecule has 0 saturated heterocycles. The summed E-state index contributed by atoms with van der Waals surface area (Å²) in [5.74, 6) is -0.772. The van der Waals surface area contributed by atoms with Crippen LogP contribution in [0, 0.1) is 17.0 Å². The molecule has 4 aromatic rings. The molecular weight excluding hydrogens is 560 g/mol. The zero-order valence-electron chi connectivity index (χ0n) is 20.3. The number of carboxylic acids is 1. The topological polar surface area (TPSA) is 146 Å². The first-order valence-electron chi connectivity index (χ1n) is 11.3. The lowest BCUT2D eigenvalue weighted by Crippen LogP contribution is -2.20. The summed E-state index contributed by atoms with van der Waals surface area (Å²) in [5, 5.41) is 25.7. The maximum atomic E-state index is 13.0. The van der Waals surface area contributed by atoms with Gasteiger partial charge in [0.2, 0.25) is 5.75 Å². The molecule has 0 bridgehead atoms. The summed E-state index contributed by atoms with van der Waals surface area (Å²) < 4.78 is 13.2. The number of rotatable bonds is 9. The molecule has 11 nitrogen and oxygen atoms in total. The molecule has 0 unspecified atom stereocenters. The fourth-order valence-electron chi connectivity index (χ4n) is 3.70. The van der Waals surface area contributed by atoms with Crippen molar-refractivity contribution in [2.24, 2.45) is 5.10 Å². The Balaban J connectivity index is 1.72. The Labute approximate surface area is 224 Å². The summed E-state index contributed by atoms with van der Waals surface area (Å²) in [7, 11) is 0. The van der Waals surface area contributed by atoms with E-state index in [1.165, 1.54) is 30.5 Å². The Bertz CT molecular complexity index is 1650. The molecule has 0 fully saturated rings. The van der Waals surface area contributed by atoms with Crippen LogP contribution in [0.5, 0.6) is 11.5 Å². The normalized spacial score (nSPS) is 11.1. The maximum absolute atomic E-state index is 13.0. The third-order valence-electron chi connectivity index (χ3n) is 5.40. The highest BCUT2D eigenvalue weighted by Crippen LogP contribution is 2.39. The van der Waals surface area contributed by atoms with Gasteiger partial charge in [-0.2, -0.15) is 9.78 Å². The number of nitro groups is 1. The molecule has 1 heterocycles. The van der Waals surface area contributed by atoms with Crippen LogP contribution in [0.2, 0.25) is 0 Å². The SMILES string of the molecule is CCOc1cc(C=Nn2c(C)nc3ccc(Br)cc3c2=O)cc([N+](=O)[O-])c1OCc1cccc(C(=O)O)c1. The molecule has 0 aliphatic rings. The lowest BCUT2D eigenvalue weighted by Gasteiger charge is -2.13. The van der Waals surface area contributed by atoms with Crippen LogP contribution < -0.4 is 15.0 Å². The van der Waals surface area contributed by atoms with Crippen LogP contribution in [0.3, 0.4) is 0 Å². The number of aryl methyl sites for hydroxylation is 1. The molecule has 1 N–H and O–H groups in total. The van der Waals surface area contributed by atoms with E-state index in [0.29, 0.717) is 32.3 Å². The Morgan fingerprint density at radius 3 is 2.71 bits per heavy atom. The fraction of sp³-hybridized carbons (Fsp3) is 0.154. The van der Waals surface area contributed by atoms with Crippen molar-refractivity contribution in [3.8, 4) is 11.5 Å². The van der Waals surface area contributed by atoms with Gasteiger partial charge in [0.1, 0.15) is 12.4 Å². The van der Waals surface area contributed by atoms with Gasteiger partial charge in [0.15, 0.2) is 5.75 Å². The number of nitrogens with zero attached hydrogens (tertiary/aromatic N) is 4. The molecule has 0 atom stereocenters. The molecule has 1 aromatic heterocycles. The average molecular weight is 581 g/mol. The van der Waals surface area contributed by atoms with Crippen molar-refractivity contribution in [3.05, 3.63) is 102 Å². The Kier molecular flexibility index (Phi) is 7.82. The van der Waals surface area contributed by atoms with Crippen LogP contribution in [0.25, 0.3) is 10.9 Å². The lowest BCUT2D eigenvalue weighted by molar-refractivity contribution is -0.386. The van der Waals surface area contributed by atoms with E-state index in [1.54, 1.807) is 44.2 Å². The predicted octanol–water partition coefficient (Wildman–Crippen LogP) is 4.93. The first-order chi connectivity index (χ1) is 18.2. The monoisotopic (exact) mass is 580 g/mol. The lowest BCUT2D eigenvalue weighted by atomic mass is 10.1. The maximum Gasteiger partial charge on any atom is 0.335 e. The number of aromatic carboxylic acids is 1. The minimum absolute atomic E-state index is 0.0678. The van der Waals surface area contributed by atoms with Crippen molar-refractivity contribution in [1.82, 2.24) is 9.66 Å². The Hall–Kier alpha value is -4.58. The van der Waals surface area contributed by atoms with E-state index in [0.717, 1.165) is 4.68 Å². The minimum Gasteiger partial charge on any atom is -0.490 e. The number of hydrogen-bond donors (Lipinski definition) is 1. The quantitative estimate of drug-likeness (QED) is 0.166. The third-order valence-corrected chi connectivity index (χ3v) is 5.90. The number of nitro benzene ring substituents is 1. The second-order valence-corrected chi connectivity index (χ2v) is 8.95. The fourth-order valence-corrected chi connectivity index (χ4v) is 4.06. The molecule has 3 aromatic carbocycles. The second-order valence-electron chi connectivity index (χ2n) is 8.03. The highest BCUT2D eigenvalue weighted by Gasteiger charge is 2.23. The smallest absolute Gasteiger partial charge is 0.335 e. The number of fused-ring (bicyclic) bond motifs is 1. The van der Waals surface area contributed by atoms with E-state index in [-0.39, 0.29) is 36.0 Å². The van der Waals surface area contributed by atoms with E-state index in [1.807, 2.05) is 0 Å². The molecule has 0 radical (unpaired) electrons. The van der Waals surface area contributed by atoms with Gasteiger partial charge in [0, 0.05) is 16.1 Å². The average Bonchev–Trinajstić information content (AvgIpc) is 2.88. The number of halogens is 1. The summed E-state index contributed by atoms with van der Waals surface area (Å²) in [4.78, 5) is 40.0. The minimum atomic E-state index is -1.10. The van der Waals surface area contributed by atoms with E-state index >= 15 is 0 Å². The van der Waals surface area contributed by atoms with Crippen molar-refractivity contribution in [3.63, 3.8) is 0 Å². The number of ether oxygens (including phenoxy) is 2. The van der Waals surface area contributed by atoms with Crippen molar-refractivity contribution >= 4 is 44.7 Å². The Morgan fingerprint density at radius 1 is 1.21 bits per heavy atom. The first kappa shape index (κ1) is 26.5. The molecule has 12 heteroatoms. The van der Waals surface area contributed by atoms with Gasteiger partial charge in [0.25, 0.3) is 5.56 Å². The second kappa shape index (κ2) is 11.2. The molecule has 4 rings (SSSR count). The summed E-state index contributed by atoms with van der Waals surface area (Å²) in [5.41, 5.74) is 0.619.